The summed E-state index contributed by atoms with van der Waals surface area (Å²) in [5.74, 6) is 0. The zero-order valence-corrected chi connectivity index (χ0v) is 8.68. The molecule has 1 atom stereocenters. The first-order chi connectivity index (χ1) is 5.64. The molecule has 0 aromatic rings. The molecule has 1 aliphatic carbocycles. The predicted molar refractivity (Wildman–Crippen MR) is 48.5 cm³/mol. The molecule has 1 unspecified atom stereocenters. The summed E-state index contributed by atoms with van der Waals surface area (Å²) in [5, 5.41) is 0. The molecule has 3 nitrogen and oxygen atoms in total. The zero-order chi connectivity index (χ0) is 9.03. The summed E-state index contributed by atoms with van der Waals surface area (Å²) in [5.41, 5.74) is 0. The molecule has 72 valence electrons. The smallest absolute Gasteiger partial charge is 0.312 e. The van der Waals surface area contributed by atoms with E-state index in [4.69, 9.17) is 9.05 Å². The highest BCUT2D eigenvalue weighted by atomic mass is 31.2. The largest absolute Gasteiger partial charge is 0.327 e. The van der Waals surface area contributed by atoms with Crippen LogP contribution in [0.3, 0.4) is 0 Å². The number of hydrogen-bond acceptors (Lipinski definition) is 3. The highest BCUT2D eigenvalue weighted by Gasteiger charge is 2.23. The maximum Gasteiger partial charge on any atom is 0.327 e. The van der Waals surface area contributed by atoms with E-state index in [1.807, 2.05) is 0 Å². The third-order valence-electron chi connectivity index (χ3n) is 2.22. The van der Waals surface area contributed by atoms with E-state index in [0.717, 1.165) is 12.8 Å². The minimum atomic E-state index is -2.74. The first-order valence-corrected chi connectivity index (χ1v) is 6.45. The summed E-state index contributed by atoms with van der Waals surface area (Å²) in [7, 11) is -1.31. The van der Waals surface area contributed by atoms with Crippen molar-refractivity contribution in [2.45, 2.75) is 38.2 Å². The van der Waals surface area contributed by atoms with Crippen molar-refractivity contribution in [1.29, 1.82) is 0 Å². The highest BCUT2D eigenvalue weighted by Crippen LogP contribution is 2.46. The molecule has 0 heterocycles. The topological polar surface area (TPSA) is 35.5 Å². The van der Waals surface area contributed by atoms with Crippen LogP contribution in [-0.4, -0.2) is 19.9 Å². The van der Waals surface area contributed by atoms with Gasteiger partial charge in [0.25, 0.3) is 0 Å². The van der Waals surface area contributed by atoms with Crippen molar-refractivity contribution in [3.8, 4) is 0 Å². The molecule has 0 saturated heterocycles. The quantitative estimate of drug-likeness (QED) is 0.645. The SMILES string of the molecule is COP(C)(=O)OC1CCCCC1. The summed E-state index contributed by atoms with van der Waals surface area (Å²) >= 11 is 0. The van der Waals surface area contributed by atoms with E-state index in [1.54, 1.807) is 0 Å². The lowest BCUT2D eigenvalue weighted by Crippen LogP contribution is -2.15. The average molecular weight is 192 g/mol. The van der Waals surface area contributed by atoms with Gasteiger partial charge in [0.15, 0.2) is 0 Å². The molecule has 1 saturated carbocycles. The van der Waals surface area contributed by atoms with Gasteiger partial charge in [0.05, 0.1) is 6.10 Å². The molecule has 0 bridgehead atoms. The Kier molecular flexibility index (Phi) is 3.76. The molecule has 12 heavy (non-hydrogen) atoms. The Hall–Kier alpha value is 0.150. The van der Waals surface area contributed by atoms with Crippen LogP contribution in [0.2, 0.25) is 0 Å². The molecule has 1 rings (SSSR count). The van der Waals surface area contributed by atoms with Gasteiger partial charge in [-0.25, -0.2) is 0 Å². The molecule has 0 amide bonds. The molecule has 0 N–H and O–H groups in total. The predicted octanol–water partition coefficient (Wildman–Crippen LogP) is 2.81. The van der Waals surface area contributed by atoms with Gasteiger partial charge in [-0.1, -0.05) is 19.3 Å². The van der Waals surface area contributed by atoms with E-state index in [-0.39, 0.29) is 6.10 Å². The molecular weight excluding hydrogens is 175 g/mol. The van der Waals surface area contributed by atoms with Crippen LogP contribution < -0.4 is 0 Å². The molecule has 1 aliphatic rings. The lowest BCUT2D eigenvalue weighted by atomic mass is 9.98. The summed E-state index contributed by atoms with van der Waals surface area (Å²) in [6.07, 6.45) is 5.88. The normalized spacial score (nSPS) is 25.2. The van der Waals surface area contributed by atoms with E-state index >= 15 is 0 Å². The van der Waals surface area contributed by atoms with Crippen molar-refractivity contribution in [1.82, 2.24) is 0 Å². The highest BCUT2D eigenvalue weighted by molar-refractivity contribution is 7.52. The minimum absolute atomic E-state index is 0.162. The lowest BCUT2D eigenvalue weighted by Gasteiger charge is -2.24. The summed E-state index contributed by atoms with van der Waals surface area (Å²) in [6, 6.07) is 0. The standard InChI is InChI=1S/C8H17O3P/c1-10-12(2,9)11-8-6-4-3-5-7-8/h8H,3-7H2,1-2H3. The van der Waals surface area contributed by atoms with Gasteiger partial charge in [0, 0.05) is 13.8 Å². The Morgan fingerprint density at radius 1 is 1.25 bits per heavy atom. The second-order valence-corrected chi connectivity index (χ2v) is 5.44. The summed E-state index contributed by atoms with van der Waals surface area (Å²) < 4.78 is 21.5. The van der Waals surface area contributed by atoms with Crippen LogP contribution in [0, 0.1) is 0 Å². The Morgan fingerprint density at radius 2 is 1.83 bits per heavy atom. The fourth-order valence-corrected chi connectivity index (χ4v) is 2.32. The summed E-state index contributed by atoms with van der Waals surface area (Å²) in [4.78, 5) is 0. The molecule has 0 aromatic carbocycles. The number of hydrogen-bond donors (Lipinski definition) is 0. The second kappa shape index (κ2) is 4.40. The summed E-state index contributed by atoms with van der Waals surface area (Å²) in [6.45, 7) is 1.53. The van der Waals surface area contributed by atoms with Crippen LogP contribution in [0.25, 0.3) is 0 Å². The van der Waals surface area contributed by atoms with Crippen molar-refractivity contribution < 1.29 is 13.6 Å². The Morgan fingerprint density at radius 3 is 2.33 bits per heavy atom. The van der Waals surface area contributed by atoms with Crippen molar-refractivity contribution in [3.05, 3.63) is 0 Å². The van der Waals surface area contributed by atoms with E-state index < -0.39 is 7.60 Å². The van der Waals surface area contributed by atoms with Crippen LogP contribution in [0.4, 0.5) is 0 Å². The average Bonchev–Trinajstić information content (AvgIpc) is 2.06. The van der Waals surface area contributed by atoms with Crippen LogP contribution in [0.15, 0.2) is 0 Å². The first-order valence-electron chi connectivity index (χ1n) is 4.46. The van der Waals surface area contributed by atoms with Gasteiger partial charge in [-0.3, -0.25) is 4.57 Å². The van der Waals surface area contributed by atoms with Crippen molar-refractivity contribution in [2.24, 2.45) is 0 Å². The van der Waals surface area contributed by atoms with Gasteiger partial charge in [-0.15, -0.1) is 0 Å². The van der Waals surface area contributed by atoms with Gasteiger partial charge in [-0.2, -0.15) is 0 Å². The van der Waals surface area contributed by atoms with Crippen LogP contribution in [0.1, 0.15) is 32.1 Å². The van der Waals surface area contributed by atoms with Crippen LogP contribution in [0.5, 0.6) is 0 Å². The molecule has 0 aliphatic heterocycles. The van der Waals surface area contributed by atoms with E-state index in [9.17, 15) is 4.57 Å². The Balaban J connectivity index is 2.34. The van der Waals surface area contributed by atoms with Gasteiger partial charge >= 0.3 is 7.60 Å². The third kappa shape index (κ3) is 3.26. The first kappa shape index (κ1) is 10.2. The number of rotatable bonds is 3. The molecule has 0 spiro atoms. The fourth-order valence-electron chi connectivity index (χ4n) is 1.48. The zero-order valence-electron chi connectivity index (χ0n) is 7.78. The minimum Gasteiger partial charge on any atom is -0.312 e. The van der Waals surface area contributed by atoms with E-state index in [0.29, 0.717) is 0 Å². The molecule has 4 heteroatoms. The van der Waals surface area contributed by atoms with Gasteiger partial charge in [0.2, 0.25) is 0 Å². The monoisotopic (exact) mass is 192 g/mol. The Labute approximate surface area is 74.0 Å². The van der Waals surface area contributed by atoms with E-state index in [1.165, 1.54) is 33.0 Å². The fraction of sp³-hybridized carbons (Fsp3) is 1.00. The lowest BCUT2D eigenvalue weighted by molar-refractivity contribution is 0.129. The third-order valence-corrected chi connectivity index (χ3v) is 3.57. The van der Waals surface area contributed by atoms with Crippen molar-refractivity contribution >= 4 is 7.60 Å². The molecule has 0 radical (unpaired) electrons. The molecule has 0 aromatic heterocycles. The second-order valence-electron chi connectivity index (χ2n) is 3.32. The maximum atomic E-state index is 11.4. The van der Waals surface area contributed by atoms with Gasteiger partial charge in [-0.05, 0) is 12.8 Å². The maximum absolute atomic E-state index is 11.4. The van der Waals surface area contributed by atoms with Crippen molar-refractivity contribution in [2.75, 3.05) is 13.8 Å². The van der Waals surface area contributed by atoms with Gasteiger partial charge < -0.3 is 9.05 Å². The van der Waals surface area contributed by atoms with E-state index in [2.05, 4.69) is 0 Å². The van der Waals surface area contributed by atoms with Crippen LogP contribution >= 0.6 is 7.60 Å². The molecule has 1 fully saturated rings. The molecular formula is C8H17O3P. The van der Waals surface area contributed by atoms with Crippen molar-refractivity contribution in [3.63, 3.8) is 0 Å². The van der Waals surface area contributed by atoms with Gasteiger partial charge in [0.1, 0.15) is 0 Å². The Bertz CT molecular complexity index is 175. The van der Waals surface area contributed by atoms with Crippen LogP contribution in [-0.2, 0) is 13.6 Å².